The number of fused-ring (bicyclic) bond motifs is 2. The summed E-state index contributed by atoms with van der Waals surface area (Å²) in [6, 6.07) is 29.7. The van der Waals surface area contributed by atoms with E-state index in [9.17, 15) is 17.8 Å². The monoisotopic (exact) mass is 494 g/mol. The van der Waals surface area contributed by atoms with Gasteiger partial charge >= 0.3 is 0 Å². The maximum atomic E-state index is 12.9. The number of hydrogen-bond acceptors (Lipinski definition) is 3. The van der Waals surface area contributed by atoms with Crippen LogP contribution in [0, 0.1) is 16.7 Å². The second kappa shape index (κ2) is 8.67. The molecule has 2 aliphatic carbocycles. The van der Waals surface area contributed by atoms with Gasteiger partial charge in [-0.1, -0.05) is 55.5 Å². The molecule has 3 atom stereocenters. The minimum Gasteiger partial charge on any atom is -0.299 e. The van der Waals surface area contributed by atoms with Gasteiger partial charge in [-0.25, -0.2) is 0 Å². The third-order valence-electron chi connectivity index (χ3n) is 8.10. The smallest absolute Gasteiger partial charge is 0.265 e. The Balaban J connectivity index is 1.47. The predicted molar refractivity (Wildman–Crippen MR) is 136 cm³/mol. The van der Waals surface area contributed by atoms with Gasteiger partial charge in [0.05, 0.1) is 11.2 Å². The van der Waals surface area contributed by atoms with Gasteiger partial charge < -0.3 is 0 Å². The average Bonchev–Trinajstić information content (AvgIpc) is 3.17. The zero-order valence-electron chi connectivity index (χ0n) is 19.2. The van der Waals surface area contributed by atoms with Gasteiger partial charge in [0.15, 0.2) is 0 Å². The molecule has 0 amide bonds. The molecule has 3 unspecified atom stereocenters. The van der Waals surface area contributed by atoms with Gasteiger partial charge in [0.2, 0.25) is 0 Å². The summed E-state index contributed by atoms with van der Waals surface area (Å²) in [5, 5.41) is 0. The molecule has 0 aliphatic heterocycles. The molecule has 2 bridgehead atoms. The van der Waals surface area contributed by atoms with Crippen LogP contribution in [-0.2, 0) is 21.3 Å². The van der Waals surface area contributed by atoms with E-state index in [0.717, 1.165) is 12.0 Å². The lowest BCUT2D eigenvalue weighted by Gasteiger charge is -2.39. The summed E-state index contributed by atoms with van der Waals surface area (Å²) in [5.41, 5.74) is -0.348. The highest BCUT2D eigenvalue weighted by Gasteiger charge is 2.67. The van der Waals surface area contributed by atoms with Gasteiger partial charge in [0.25, 0.3) is 10.1 Å². The molecule has 0 spiro atoms. The maximum Gasteiger partial charge on any atom is 0.265 e. The van der Waals surface area contributed by atoms with Crippen molar-refractivity contribution in [2.24, 2.45) is 16.7 Å². The van der Waals surface area contributed by atoms with Crippen LogP contribution in [0.3, 0.4) is 0 Å². The lowest BCUT2D eigenvalue weighted by atomic mass is 9.65. The number of carbonyl (C=O) groups excluding carboxylic acids is 1. The molecule has 0 radical (unpaired) electrons. The Morgan fingerprint density at radius 3 is 1.91 bits per heavy atom. The summed E-state index contributed by atoms with van der Waals surface area (Å²) < 4.78 is 33.3. The average molecular weight is 495 g/mol. The normalized spacial score (nSPS) is 26.6. The van der Waals surface area contributed by atoms with E-state index in [-0.39, 0.29) is 11.7 Å². The summed E-state index contributed by atoms with van der Waals surface area (Å²) >= 11 is 0. The molecular weight excluding hydrogens is 464 g/mol. The van der Waals surface area contributed by atoms with Gasteiger partial charge in [0.1, 0.15) is 5.78 Å². The van der Waals surface area contributed by atoms with Crippen molar-refractivity contribution in [2.45, 2.75) is 47.3 Å². The lowest BCUT2D eigenvalue weighted by molar-refractivity contribution is -0.128. The number of ketones is 1. The van der Waals surface area contributed by atoms with Crippen LogP contribution in [0.15, 0.2) is 99.6 Å². The first kappa shape index (κ1) is 23.3. The predicted octanol–water partition coefficient (Wildman–Crippen LogP) is 5.97. The zero-order valence-corrected chi connectivity index (χ0v) is 20.9. The van der Waals surface area contributed by atoms with Gasteiger partial charge in [0, 0.05) is 6.42 Å². The van der Waals surface area contributed by atoms with E-state index in [1.54, 1.807) is 0 Å². The zero-order chi connectivity index (χ0) is 24.0. The van der Waals surface area contributed by atoms with Crippen molar-refractivity contribution in [2.75, 3.05) is 5.75 Å². The second-order valence-electron chi connectivity index (χ2n) is 9.94. The fourth-order valence-electron chi connectivity index (χ4n) is 6.35. The molecular formula is C28H30O4S2. The van der Waals surface area contributed by atoms with E-state index in [2.05, 4.69) is 79.7 Å². The van der Waals surface area contributed by atoms with E-state index < -0.39 is 37.6 Å². The van der Waals surface area contributed by atoms with Gasteiger partial charge in [-0.05, 0) is 87.2 Å². The van der Waals surface area contributed by atoms with E-state index in [0.29, 0.717) is 19.3 Å². The molecule has 2 aliphatic rings. The van der Waals surface area contributed by atoms with Crippen LogP contribution in [0.4, 0.5) is 0 Å². The van der Waals surface area contributed by atoms with Crippen LogP contribution in [-0.4, -0.2) is 24.5 Å². The minimum absolute atomic E-state index is 0.00262. The van der Waals surface area contributed by atoms with Crippen LogP contribution in [0.1, 0.15) is 31.7 Å². The van der Waals surface area contributed by atoms with Crippen LogP contribution >= 0.6 is 10.9 Å². The first-order chi connectivity index (χ1) is 16.2. The van der Waals surface area contributed by atoms with E-state index in [1.165, 1.54) is 14.7 Å². The first-order valence-corrected chi connectivity index (χ1v) is 14.6. The maximum absolute atomic E-state index is 12.9. The van der Waals surface area contributed by atoms with Crippen LogP contribution in [0.5, 0.6) is 0 Å². The van der Waals surface area contributed by atoms with Crippen molar-refractivity contribution in [3.05, 3.63) is 90.5 Å². The van der Waals surface area contributed by atoms with Crippen LogP contribution in [0.25, 0.3) is 0 Å². The molecule has 2 fully saturated rings. The van der Waals surface area contributed by atoms with Crippen molar-refractivity contribution in [1.29, 1.82) is 0 Å². The number of thiol groups is 1. The number of Topliss-reactive ketones (excluding diaryl/α,β-unsaturated/α-hetero) is 1. The highest BCUT2D eigenvalue weighted by atomic mass is 32.2. The highest BCUT2D eigenvalue weighted by molar-refractivity contribution is 8.17. The lowest BCUT2D eigenvalue weighted by Crippen LogP contribution is -2.44. The Labute approximate surface area is 204 Å². The van der Waals surface area contributed by atoms with E-state index in [1.807, 2.05) is 12.1 Å². The summed E-state index contributed by atoms with van der Waals surface area (Å²) in [6.07, 6.45) is 2.42. The Morgan fingerprint density at radius 2 is 1.41 bits per heavy atom. The molecule has 4 nitrogen and oxygen atoms in total. The number of rotatable bonds is 7. The van der Waals surface area contributed by atoms with E-state index >= 15 is 0 Å². The quantitative estimate of drug-likeness (QED) is 0.314. The largest absolute Gasteiger partial charge is 0.299 e. The highest BCUT2D eigenvalue weighted by Crippen LogP contribution is 2.65. The number of carbonyl (C=O) groups is 1. The fourth-order valence-corrected chi connectivity index (χ4v) is 9.89. The van der Waals surface area contributed by atoms with Crippen molar-refractivity contribution < 1.29 is 17.8 Å². The Kier molecular flexibility index (Phi) is 5.95. The second-order valence-corrected chi connectivity index (χ2v) is 13.6. The molecule has 2 saturated carbocycles. The summed E-state index contributed by atoms with van der Waals surface area (Å²) in [5.74, 6) is -0.304. The number of benzene rings is 3. The summed E-state index contributed by atoms with van der Waals surface area (Å²) in [4.78, 5) is 16.7. The molecule has 6 heteroatoms. The summed E-state index contributed by atoms with van der Waals surface area (Å²) in [7, 11) is -4.94. The Morgan fingerprint density at radius 1 is 0.882 bits per heavy atom. The van der Waals surface area contributed by atoms with E-state index in [4.69, 9.17) is 0 Å². The minimum atomic E-state index is -4.25. The standard InChI is InChI=1S/C28H30O4S2/c1-27(22-16-17-28(27,26(29)18-22)20-34(30,31)32)19-21-12-14-25(15-13-21)33(23-8-4-2-5-9-23)24-10-6-3-7-11-24/h2-15,22,33H,16-20H2,1H3,(H,30,31,32). The third-order valence-corrected chi connectivity index (χ3v) is 11.4. The van der Waals surface area contributed by atoms with Gasteiger partial charge in [-0.3, -0.25) is 9.35 Å². The molecule has 1 N–H and O–H groups in total. The molecule has 178 valence electrons. The topological polar surface area (TPSA) is 71.4 Å². The number of hydrogen-bond donors (Lipinski definition) is 2. The molecule has 34 heavy (non-hydrogen) atoms. The van der Waals surface area contributed by atoms with Crippen molar-refractivity contribution >= 4 is 26.8 Å². The fraction of sp³-hybridized carbons (Fsp3) is 0.321. The SMILES string of the molecule is CC1(Cc2ccc([SH](c3ccccc3)c3ccccc3)cc2)C2CCC1(CS(=O)(=O)O)C(=O)C2. The third kappa shape index (κ3) is 4.02. The van der Waals surface area contributed by atoms with Crippen LogP contribution < -0.4 is 0 Å². The van der Waals surface area contributed by atoms with Crippen molar-refractivity contribution in [3.8, 4) is 0 Å². The first-order valence-electron chi connectivity index (χ1n) is 11.7. The van der Waals surface area contributed by atoms with Crippen molar-refractivity contribution in [3.63, 3.8) is 0 Å². The Hall–Kier alpha value is -2.41. The molecule has 3 aromatic carbocycles. The molecule has 0 heterocycles. The Bertz CT molecular complexity index is 1250. The van der Waals surface area contributed by atoms with Crippen molar-refractivity contribution in [1.82, 2.24) is 0 Å². The molecule has 5 rings (SSSR count). The van der Waals surface area contributed by atoms with Crippen LogP contribution in [0.2, 0.25) is 0 Å². The van der Waals surface area contributed by atoms with Gasteiger partial charge in [-0.2, -0.15) is 19.3 Å². The van der Waals surface area contributed by atoms with Gasteiger partial charge in [-0.15, -0.1) is 0 Å². The molecule has 0 saturated heterocycles. The molecule has 0 aromatic heterocycles. The summed E-state index contributed by atoms with van der Waals surface area (Å²) in [6.45, 7) is 2.05. The molecule has 3 aromatic rings.